The van der Waals surface area contributed by atoms with E-state index in [0.29, 0.717) is 30.2 Å². The number of hydrogen-bond acceptors (Lipinski definition) is 6. The van der Waals surface area contributed by atoms with Gasteiger partial charge >= 0.3 is 0 Å². The number of benzene rings is 2. The van der Waals surface area contributed by atoms with Crippen LogP contribution < -0.4 is 10.5 Å². The molecule has 4 rings (SSSR count). The average molecular weight is 456 g/mol. The van der Waals surface area contributed by atoms with E-state index < -0.39 is 15.8 Å². The van der Waals surface area contributed by atoms with Gasteiger partial charge in [-0.3, -0.25) is 9.59 Å². The lowest BCUT2D eigenvalue weighted by atomic mass is 10.2. The van der Waals surface area contributed by atoms with Gasteiger partial charge in [0.05, 0.1) is 10.6 Å². The molecule has 166 valence electrons. The van der Waals surface area contributed by atoms with Crippen LogP contribution in [-0.4, -0.2) is 54.5 Å². The molecule has 0 atom stereocenters. The highest BCUT2D eigenvalue weighted by molar-refractivity contribution is 7.89. The van der Waals surface area contributed by atoms with Crippen LogP contribution in [-0.2, 0) is 10.0 Å². The number of halogens is 1. The Morgan fingerprint density at radius 1 is 0.906 bits per heavy atom. The Kier molecular flexibility index (Phi) is 5.90. The van der Waals surface area contributed by atoms with Crippen molar-refractivity contribution in [1.82, 2.24) is 14.1 Å². The van der Waals surface area contributed by atoms with Crippen LogP contribution in [0, 0.1) is 5.82 Å². The lowest BCUT2D eigenvalue weighted by molar-refractivity contribution is 0.101. The Hall–Kier alpha value is -3.37. The van der Waals surface area contributed by atoms with Gasteiger partial charge in [0, 0.05) is 37.8 Å². The zero-order chi connectivity index (χ0) is 22.9. The first-order valence-electron chi connectivity index (χ1n) is 9.98. The molecule has 0 unspecified atom stereocenters. The van der Waals surface area contributed by atoms with Crippen molar-refractivity contribution < 1.29 is 17.6 Å². The largest absolute Gasteiger partial charge is 0.353 e. The molecule has 1 saturated heterocycles. The maximum atomic E-state index is 13.2. The van der Waals surface area contributed by atoms with Crippen molar-refractivity contribution in [2.24, 2.45) is 0 Å². The number of rotatable bonds is 5. The van der Waals surface area contributed by atoms with Crippen molar-refractivity contribution in [3.63, 3.8) is 0 Å². The topological polar surface area (TPSA) is 92.6 Å². The molecule has 1 aliphatic heterocycles. The van der Waals surface area contributed by atoms with Crippen molar-refractivity contribution in [2.45, 2.75) is 11.8 Å². The third kappa shape index (κ3) is 4.32. The molecular formula is C22H21FN4O4S. The molecule has 1 aromatic heterocycles. The molecule has 0 saturated carbocycles. The Labute approximate surface area is 184 Å². The van der Waals surface area contributed by atoms with Crippen LogP contribution in [0.15, 0.2) is 70.4 Å². The zero-order valence-corrected chi connectivity index (χ0v) is 18.1. The van der Waals surface area contributed by atoms with Crippen LogP contribution in [0.4, 0.5) is 10.2 Å². The summed E-state index contributed by atoms with van der Waals surface area (Å²) >= 11 is 0. The van der Waals surface area contributed by atoms with Crippen molar-refractivity contribution in [3.8, 4) is 5.69 Å². The number of carbonyl (C=O) groups excluding carboxylic acids is 1. The normalized spacial score (nSPS) is 15.0. The van der Waals surface area contributed by atoms with Gasteiger partial charge < -0.3 is 4.90 Å². The first-order valence-corrected chi connectivity index (χ1v) is 11.4. The van der Waals surface area contributed by atoms with E-state index in [4.69, 9.17) is 0 Å². The number of nitrogens with zero attached hydrogens (tertiary/aromatic N) is 4. The average Bonchev–Trinajstić information content (AvgIpc) is 2.80. The fraction of sp³-hybridized carbons (Fsp3) is 0.227. The summed E-state index contributed by atoms with van der Waals surface area (Å²) in [4.78, 5) is 25.7. The van der Waals surface area contributed by atoms with Crippen LogP contribution in [0.2, 0.25) is 0 Å². The van der Waals surface area contributed by atoms with Gasteiger partial charge in [-0.25, -0.2) is 12.8 Å². The summed E-state index contributed by atoms with van der Waals surface area (Å²) in [5.41, 5.74) is 0.542. The number of ketones is 1. The number of anilines is 1. The van der Waals surface area contributed by atoms with Crippen molar-refractivity contribution >= 4 is 21.6 Å². The van der Waals surface area contributed by atoms with Crippen LogP contribution in [0.5, 0.6) is 0 Å². The minimum atomic E-state index is -3.69. The molecule has 0 N–H and O–H groups in total. The summed E-state index contributed by atoms with van der Waals surface area (Å²) in [6, 6.07) is 14.3. The highest BCUT2D eigenvalue weighted by Gasteiger charge is 2.29. The molecule has 2 aromatic carbocycles. The second-order valence-corrected chi connectivity index (χ2v) is 9.33. The zero-order valence-electron chi connectivity index (χ0n) is 17.3. The quantitative estimate of drug-likeness (QED) is 0.546. The predicted molar refractivity (Wildman–Crippen MR) is 117 cm³/mol. The summed E-state index contributed by atoms with van der Waals surface area (Å²) < 4.78 is 41.7. The standard InChI is InChI=1S/C22H21FN4O4S/c1-16(28)17-2-8-20(9-3-17)32(30,31)26-14-12-25(13-15-26)21-10-11-22(29)27(24-21)19-6-4-18(23)5-7-19/h2-11H,12-15H2,1H3. The predicted octanol–water partition coefficient (Wildman–Crippen LogP) is 2.09. The summed E-state index contributed by atoms with van der Waals surface area (Å²) in [7, 11) is -3.69. The summed E-state index contributed by atoms with van der Waals surface area (Å²) in [5, 5.41) is 4.38. The maximum absolute atomic E-state index is 13.2. The molecular weight excluding hydrogens is 435 g/mol. The number of aromatic nitrogens is 2. The molecule has 1 aliphatic rings. The Morgan fingerprint density at radius 2 is 1.53 bits per heavy atom. The Bertz CT molecular complexity index is 1300. The van der Waals surface area contributed by atoms with E-state index in [-0.39, 0.29) is 29.3 Å². The van der Waals surface area contributed by atoms with Crippen LogP contribution in [0.1, 0.15) is 17.3 Å². The van der Waals surface area contributed by atoms with E-state index in [9.17, 15) is 22.4 Å². The van der Waals surface area contributed by atoms with Crippen LogP contribution >= 0.6 is 0 Å². The fourth-order valence-corrected chi connectivity index (χ4v) is 4.93. The molecule has 0 spiro atoms. The number of Topliss-reactive ketones (excluding diaryl/α,β-unsaturated/α-hetero) is 1. The van der Waals surface area contributed by atoms with Gasteiger partial charge in [-0.2, -0.15) is 8.99 Å². The highest BCUT2D eigenvalue weighted by atomic mass is 32.2. The van der Waals surface area contributed by atoms with Crippen LogP contribution in [0.3, 0.4) is 0 Å². The SMILES string of the molecule is CC(=O)c1ccc(S(=O)(=O)N2CCN(c3ccc(=O)n(-c4ccc(F)cc4)n3)CC2)cc1. The third-order valence-corrected chi connectivity index (χ3v) is 7.23. The lowest BCUT2D eigenvalue weighted by Crippen LogP contribution is -2.49. The number of hydrogen-bond donors (Lipinski definition) is 0. The molecule has 0 radical (unpaired) electrons. The molecule has 3 aromatic rings. The van der Waals surface area contributed by atoms with Crippen LogP contribution in [0.25, 0.3) is 5.69 Å². The van der Waals surface area contributed by atoms with Gasteiger partial charge in [-0.15, -0.1) is 5.10 Å². The second kappa shape index (κ2) is 8.64. The van der Waals surface area contributed by atoms with Gasteiger partial charge in [0.15, 0.2) is 5.78 Å². The van der Waals surface area contributed by atoms with Crippen molar-refractivity contribution in [2.75, 3.05) is 31.1 Å². The minimum absolute atomic E-state index is 0.128. The first kappa shape index (κ1) is 21.8. The van der Waals surface area contributed by atoms with E-state index in [2.05, 4.69) is 5.10 Å². The number of carbonyl (C=O) groups is 1. The van der Waals surface area contributed by atoms with E-state index in [1.54, 1.807) is 6.07 Å². The smallest absolute Gasteiger partial charge is 0.271 e. The second-order valence-electron chi connectivity index (χ2n) is 7.39. The molecule has 10 heteroatoms. The molecule has 0 aliphatic carbocycles. The summed E-state index contributed by atoms with van der Waals surface area (Å²) in [6.07, 6.45) is 0. The van der Waals surface area contributed by atoms with Gasteiger partial charge in [0.25, 0.3) is 5.56 Å². The third-order valence-electron chi connectivity index (χ3n) is 5.32. The first-order chi connectivity index (χ1) is 15.3. The fourth-order valence-electron chi connectivity index (χ4n) is 3.51. The number of sulfonamides is 1. The Morgan fingerprint density at radius 3 is 2.12 bits per heavy atom. The molecule has 8 nitrogen and oxygen atoms in total. The molecule has 0 amide bonds. The van der Waals surface area contributed by atoms with Gasteiger partial charge in [0.2, 0.25) is 10.0 Å². The molecule has 32 heavy (non-hydrogen) atoms. The molecule has 1 fully saturated rings. The lowest BCUT2D eigenvalue weighted by Gasteiger charge is -2.34. The minimum Gasteiger partial charge on any atom is -0.353 e. The molecule has 2 heterocycles. The van der Waals surface area contributed by atoms with E-state index in [0.717, 1.165) is 0 Å². The van der Waals surface area contributed by atoms with E-state index in [1.165, 1.54) is 70.5 Å². The maximum Gasteiger partial charge on any atom is 0.271 e. The van der Waals surface area contributed by atoms with Gasteiger partial charge in [0.1, 0.15) is 11.6 Å². The van der Waals surface area contributed by atoms with Crippen molar-refractivity contribution in [3.05, 3.63) is 82.4 Å². The Balaban J connectivity index is 1.50. The van der Waals surface area contributed by atoms with E-state index in [1.807, 2.05) is 4.90 Å². The van der Waals surface area contributed by atoms with Gasteiger partial charge in [-0.1, -0.05) is 12.1 Å². The molecule has 0 bridgehead atoms. The van der Waals surface area contributed by atoms with E-state index >= 15 is 0 Å². The number of piperazine rings is 1. The summed E-state index contributed by atoms with van der Waals surface area (Å²) in [6.45, 7) is 2.69. The summed E-state index contributed by atoms with van der Waals surface area (Å²) in [5.74, 6) is -0.0139. The van der Waals surface area contributed by atoms with Gasteiger partial charge in [-0.05, 0) is 49.4 Å². The monoisotopic (exact) mass is 456 g/mol. The highest BCUT2D eigenvalue weighted by Crippen LogP contribution is 2.20. The van der Waals surface area contributed by atoms with Crippen molar-refractivity contribution in [1.29, 1.82) is 0 Å².